The first kappa shape index (κ1) is 19.1. The van der Waals surface area contributed by atoms with Gasteiger partial charge < -0.3 is 10.6 Å². The number of anilines is 2. The van der Waals surface area contributed by atoms with Gasteiger partial charge in [0.05, 0.1) is 12.5 Å². The highest BCUT2D eigenvalue weighted by molar-refractivity contribution is 5.94. The number of nitrogens with zero attached hydrogens (tertiary/aromatic N) is 1. The number of benzene rings is 2. The summed E-state index contributed by atoms with van der Waals surface area (Å²) in [7, 11) is 0. The average Bonchev–Trinajstić information content (AvgIpc) is 2.66. The summed E-state index contributed by atoms with van der Waals surface area (Å²) in [6.07, 6.45) is 1.78. The van der Waals surface area contributed by atoms with Crippen molar-refractivity contribution in [1.82, 2.24) is 4.90 Å². The molecule has 27 heavy (non-hydrogen) atoms. The second-order valence-electron chi connectivity index (χ2n) is 7.23. The van der Waals surface area contributed by atoms with Crippen LogP contribution in [0.15, 0.2) is 48.5 Å². The average molecular weight is 365 g/mol. The van der Waals surface area contributed by atoms with E-state index in [-0.39, 0.29) is 17.7 Å². The van der Waals surface area contributed by atoms with Gasteiger partial charge in [0.15, 0.2) is 0 Å². The summed E-state index contributed by atoms with van der Waals surface area (Å²) >= 11 is 0. The summed E-state index contributed by atoms with van der Waals surface area (Å²) in [6, 6.07) is 15.4. The first-order chi connectivity index (χ1) is 13.0. The summed E-state index contributed by atoms with van der Waals surface area (Å²) in [5, 5.41) is 5.97. The Labute approximate surface area is 160 Å². The highest BCUT2D eigenvalue weighted by atomic mass is 16.2. The first-order valence-corrected chi connectivity index (χ1v) is 9.47. The van der Waals surface area contributed by atoms with Crippen LogP contribution in [0.1, 0.15) is 24.0 Å². The predicted molar refractivity (Wildman–Crippen MR) is 109 cm³/mol. The van der Waals surface area contributed by atoms with Crippen molar-refractivity contribution in [2.24, 2.45) is 5.92 Å². The number of nitrogens with one attached hydrogen (secondary N) is 2. The van der Waals surface area contributed by atoms with Crippen molar-refractivity contribution in [2.45, 2.75) is 26.7 Å². The molecule has 0 aromatic heterocycles. The minimum atomic E-state index is -0.0903. The summed E-state index contributed by atoms with van der Waals surface area (Å²) in [5.74, 6) is -0.0962. The molecule has 1 heterocycles. The maximum absolute atomic E-state index is 12.5. The molecule has 0 spiro atoms. The highest BCUT2D eigenvalue weighted by Gasteiger charge is 2.27. The predicted octanol–water partition coefficient (Wildman–Crippen LogP) is 3.59. The summed E-state index contributed by atoms with van der Waals surface area (Å²) in [4.78, 5) is 27.1. The maximum atomic E-state index is 12.5. The number of para-hydroxylation sites is 1. The zero-order chi connectivity index (χ0) is 19.2. The smallest absolute Gasteiger partial charge is 0.238 e. The molecule has 1 unspecified atom stereocenters. The number of amides is 2. The fourth-order valence-electron chi connectivity index (χ4n) is 3.46. The standard InChI is InChI=1S/C22H27N3O2/c1-16-8-6-12-20(17(16)2)24-21(26)15-25-13-7-9-18(14-25)22(27)23-19-10-4-3-5-11-19/h3-6,8,10-12,18H,7,9,13-15H2,1-2H3,(H,23,27)(H,24,26). The Balaban J connectivity index is 1.54. The third kappa shape index (κ3) is 5.17. The van der Waals surface area contributed by atoms with Gasteiger partial charge in [-0.05, 0) is 62.6 Å². The number of carbonyl (C=O) groups is 2. The van der Waals surface area contributed by atoms with E-state index in [2.05, 4.69) is 15.5 Å². The molecule has 2 aromatic rings. The van der Waals surface area contributed by atoms with Crippen molar-refractivity contribution in [3.63, 3.8) is 0 Å². The SMILES string of the molecule is Cc1cccc(NC(=O)CN2CCCC(C(=O)Nc3ccccc3)C2)c1C. The molecule has 1 atom stereocenters. The van der Waals surface area contributed by atoms with Gasteiger partial charge >= 0.3 is 0 Å². The highest BCUT2D eigenvalue weighted by Crippen LogP contribution is 2.20. The number of likely N-dealkylation sites (tertiary alicyclic amines) is 1. The number of piperidine rings is 1. The normalized spacial score (nSPS) is 17.3. The van der Waals surface area contributed by atoms with Crippen LogP contribution in [-0.4, -0.2) is 36.3 Å². The lowest BCUT2D eigenvalue weighted by molar-refractivity contribution is -0.123. The van der Waals surface area contributed by atoms with Crippen molar-refractivity contribution >= 4 is 23.2 Å². The summed E-state index contributed by atoms with van der Waals surface area (Å²) in [6.45, 7) is 5.80. The zero-order valence-corrected chi connectivity index (χ0v) is 16.0. The summed E-state index contributed by atoms with van der Waals surface area (Å²) < 4.78 is 0. The van der Waals surface area contributed by atoms with E-state index in [1.165, 1.54) is 0 Å². The number of hydrogen-bond acceptors (Lipinski definition) is 3. The fourth-order valence-corrected chi connectivity index (χ4v) is 3.46. The molecule has 0 aliphatic carbocycles. The molecule has 1 aliphatic heterocycles. The lowest BCUT2D eigenvalue weighted by Gasteiger charge is -2.31. The molecule has 2 amide bonds. The Morgan fingerprint density at radius 2 is 1.81 bits per heavy atom. The lowest BCUT2D eigenvalue weighted by Crippen LogP contribution is -2.44. The van der Waals surface area contributed by atoms with Crippen LogP contribution in [0.5, 0.6) is 0 Å². The van der Waals surface area contributed by atoms with E-state index in [1.54, 1.807) is 0 Å². The topological polar surface area (TPSA) is 61.4 Å². The second-order valence-corrected chi connectivity index (χ2v) is 7.23. The molecule has 0 saturated carbocycles. The number of carbonyl (C=O) groups excluding carboxylic acids is 2. The van der Waals surface area contributed by atoms with Crippen LogP contribution >= 0.6 is 0 Å². The van der Waals surface area contributed by atoms with E-state index in [4.69, 9.17) is 0 Å². The molecule has 2 aromatic carbocycles. The Morgan fingerprint density at radius 3 is 2.59 bits per heavy atom. The largest absolute Gasteiger partial charge is 0.326 e. The van der Waals surface area contributed by atoms with Crippen molar-refractivity contribution < 1.29 is 9.59 Å². The van der Waals surface area contributed by atoms with Gasteiger partial charge in [-0.2, -0.15) is 0 Å². The molecule has 0 bridgehead atoms. The zero-order valence-electron chi connectivity index (χ0n) is 16.0. The van der Waals surface area contributed by atoms with E-state index < -0.39 is 0 Å². The monoisotopic (exact) mass is 365 g/mol. The van der Waals surface area contributed by atoms with Crippen molar-refractivity contribution in [2.75, 3.05) is 30.3 Å². The van der Waals surface area contributed by atoms with Gasteiger partial charge in [-0.1, -0.05) is 30.3 Å². The maximum Gasteiger partial charge on any atom is 0.238 e. The van der Waals surface area contributed by atoms with Gasteiger partial charge in [-0.25, -0.2) is 0 Å². The van der Waals surface area contributed by atoms with Gasteiger partial charge in [0.25, 0.3) is 0 Å². The Bertz CT molecular complexity index is 804. The minimum Gasteiger partial charge on any atom is -0.326 e. The van der Waals surface area contributed by atoms with Gasteiger partial charge in [-0.3, -0.25) is 14.5 Å². The van der Waals surface area contributed by atoms with Crippen LogP contribution < -0.4 is 10.6 Å². The lowest BCUT2D eigenvalue weighted by atomic mass is 9.97. The van der Waals surface area contributed by atoms with Crippen molar-refractivity contribution in [1.29, 1.82) is 0 Å². The van der Waals surface area contributed by atoms with E-state index >= 15 is 0 Å². The molecule has 3 rings (SSSR count). The molecule has 1 aliphatic rings. The van der Waals surface area contributed by atoms with Crippen molar-refractivity contribution in [3.05, 3.63) is 59.7 Å². The van der Waals surface area contributed by atoms with E-state index in [1.807, 2.05) is 62.4 Å². The molecule has 5 heteroatoms. The van der Waals surface area contributed by atoms with Crippen LogP contribution in [-0.2, 0) is 9.59 Å². The molecule has 5 nitrogen and oxygen atoms in total. The van der Waals surface area contributed by atoms with Gasteiger partial charge in [0.2, 0.25) is 11.8 Å². The van der Waals surface area contributed by atoms with Gasteiger partial charge in [0.1, 0.15) is 0 Å². The molecule has 142 valence electrons. The Kier molecular flexibility index (Phi) is 6.24. The van der Waals surface area contributed by atoms with Crippen LogP contribution in [0.2, 0.25) is 0 Å². The molecule has 1 fully saturated rings. The molecule has 2 N–H and O–H groups in total. The molecular formula is C22H27N3O2. The van der Waals surface area contributed by atoms with E-state index in [0.29, 0.717) is 13.1 Å². The summed E-state index contributed by atoms with van der Waals surface area (Å²) in [5.41, 5.74) is 3.91. The van der Waals surface area contributed by atoms with Gasteiger partial charge in [0, 0.05) is 17.9 Å². The third-order valence-electron chi connectivity index (χ3n) is 5.16. The van der Waals surface area contributed by atoms with Crippen LogP contribution in [0.3, 0.4) is 0 Å². The minimum absolute atomic E-state index is 0.0286. The molecular weight excluding hydrogens is 338 g/mol. The van der Waals surface area contributed by atoms with Gasteiger partial charge in [-0.15, -0.1) is 0 Å². The van der Waals surface area contributed by atoms with Crippen LogP contribution in [0.25, 0.3) is 0 Å². The third-order valence-corrected chi connectivity index (χ3v) is 5.16. The quantitative estimate of drug-likeness (QED) is 0.851. The molecule has 1 saturated heterocycles. The second kappa shape index (κ2) is 8.82. The molecule has 0 radical (unpaired) electrons. The Hall–Kier alpha value is -2.66. The van der Waals surface area contributed by atoms with E-state index in [0.717, 1.165) is 41.9 Å². The fraction of sp³-hybridized carbons (Fsp3) is 0.364. The number of hydrogen-bond donors (Lipinski definition) is 2. The number of aryl methyl sites for hydroxylation is 1. The van der Waals surface area contributed by atoms with E-state index in [9.17, 15) is 9.59 Å². The van der Waals surface area contributed by atoms with Crippen LogP contribution in [0.4, 0.5) is 11.4 Å². The van der Waals surface area contributed by atoms with Crippen molar-refractivity contribution in [3.8, 4) is 0 Å². The number of rotatable bonds is 5. The first-order valence-electron chi connectivity index (χ1n) is 9.47. The Morgan fingerprint density at radius 1 is 1.04 bits per heavy atom. The van der Waals surface area contributed by atoms with Crippen LogP contribution in [0, 0.1) is 19.8 Å².